The van der Waals surface area contributed by atoms with E-state index in [2.05, 4.69) is 5.32 Å². The molecule has 0 unspecified atom stereocenters. The molecule has 9 heteroatoms. The van der Waals surface area contributed by atoms with Crippen molar-refractivity contribution in [2.24, 2.45) is 0 Å². The second kappa shape index (κ2) is 7.57. The maximum absolute atomic E-state index is 13.3. The van der Waals surface area contributed by atoms with Crippen LogP contribution in [0.5, 0.6) is 17.2 Å². The molecule has 0 aliphatic heterocycles. The molecular weight excluding hydrogens is 367 g/mol. The molecule has 0 saturated carbocycles. The Morgan fingerprint density at radius 1 is 1.38 bits per heavy atom. The van der Waals surface area contributed by atoms with E-state index < -0.39 is 22.4 Å². The minimum absolute atomic E-state index is 0.0230. The summed E-state index contributed by atoms with van der Waals surface area (Å²) >= 11 is 5.72. The number of halogens is 2. The molecule has 138 valence electrons. The average Bonchev–Trinajstić information content (AvgIpc) is 2.58. The Morgan fingerprint density at radius 2 is 2.04 bits per heavy atom. The molecule has 0 fully saturated rings. The first-order chi connectivity index (χ1) is 12.2. The number of nitro benzene ring substituents is 1. The fourth-order valence-electron chi connectivity index (χ4n) is 2.38. The standard InChI is InChI=1S/C17H16ClFN2O5/c1-4-13(22)20-14-8(2)15(21(24)25)9(3)16(23)17(14)26-10-5-6-12(19)11(18)7-10/h5-7,23H,4H2,1-3H3,(H,20,22). The van der Waals surface area contributed by atoms with Crippen LogP contribution in [0, 0.1) is 29.8 Å². The van der Waals surface area contributed by atoms with E-state index in [4.69, 9.17) is 16.3 Å². The minimum Gasteiger partial charge on any atom is -0.504 e. The molecule has 0 atom stereocenters. The first-order valence-electron chi connectivity index (χ1n) is 7.60. The predicted molar refractivity (Wildman–Crippen MR) is 94.6 cm³/mol. The fourth-order valence-corrected chi connectivity index (χ4v) is 2.55. The molecule has 0 bridgehead atoms. The summed E-state index contributed by atoms with van der Waals surface area (Å²) in [6.07, 6.45) is 0.115. The molecule has 2 aromatic rings. The van der Waals surface area contributed by atoms with Gasteiger partial charge >= 0.3 is 0 Å². The number of anilines is 1. The number of nitrogens with one attached hydrogen (secondary N) is 1. The monoisotopic (exact) mass is 382 g/mol. The van der Waals surface area contributed by atoms with Gasteiger partial charge in [0.1, 0.15) is 11.6 Å². The third-order valence-electron chi connectivity index (χ3n) is 3.76. The zero-order valence-electron chi connectivity index (χ0n) is 14.2. The Morgan fingerprint density at radius 3 is 2.58 bits per heavy atom. The maximum Gasteiger partial charge on any atom is 0.281 e. The van der Waals surface area contributed by atoms with Crippen LogP contribution in [0.15, 0.2) is 18.2 Å². The molecular formula is C17H16ClFN2O5. The molecule has 0 saturated heterocycles. The normalized spacial score (nSPS) is 10.5. The fraction of sp³-hybridized carbons (Fsp3) is 0.235. The summed E-state index contributed by atoms with van der Waals surface area (Å²) in [6, 6.07) is 3.54. The number of hydrogen-bond acceptors (Lipinski definition) is 5. The Labute approximate surface area is 153 Å². The van der Waals surface area contributed by atoms with E-state index in [-0.39, 0.29) is 45.4 Å². The molecule has 0 aliphatic rings. The molecule has 26 heavy (non-hydrogen) atoms. The zero-order valence-corrected chi connectivity index (χ0v) is 15.0. The van der Waals surface area contributed by atoms with Crippen molar-refractivity contribution in [3.8, 4) is 17.2 Å². The van der Waals surface area contributed by atoms with Crippen molar-refractivity contribution < 1.29 is 24.0 Å². The van der Waals surface area contributed by atoms with Crippen LogP contribution >= 0.6 is 11.6 Å². The summed E-state index contributed by atoms with van der Waals surface area (Å²) < 4.78 is 18.9. The van der Waals surface area contributed by atoms with Gasteiger partial charge in [0.15, 0.2) is 11.5 Å². The number of rotatable bonds is 5. The van der Waals surface area contributed by atoms with Gasteiger partial charge < -0.3 is 15.2 Å². The first-order valence-corrected chi connectivity index (χ1v) is 7.98. The number of ether oxygens (including phenoxy) is 1. The molecule has 0 aliphatic carbocycles. The van der Waals surface area contributed by atoms with Crippen molar-refractivity contribution >= 4 is 28.9 Å². The van der Waals surface area contributed by atoms with Gasteiger partial charge in [0.2, 0.25) is 5.91 Å². The number of phenolic OH excluding ortho intramolecular Hbond substituents is 1. The number of nitro groups is 1. The minimum atomic E-state index is -0.654. The highest BCUT2D eigenvalue weighted by Gasteiger charge is 2.28. The van der Waals surface area contributed by atoms with Crippen molar-refractivity contribution in [1.82, 2.24) is 0 Å². The molecule has 0 aromatic heterocycles. The predicted octanol–water partition coefficient (Wildman–Crippen LogP) is 4.85. The van der Waals surface area contributed by atoms with Crippen LogP contribution in [0.2, 0.25) is 5.02 Å². The first kappa shape index (κ1) is 19.5. The molecule has 7 nitrogen and oxygen atoms in total. The molecule has 1 amide bonds. The molecule has 0 spiro atoms. The molecule has 0 radical (unpaired) electrons. The van der Waals surface area contributed by atoms with E-state index >= 15 is 0 Å². The number of hydrogen-bond donors (Lipinski definition) is 2. The lowest BCUT2D eigenvalue weighted by atomic mass is 10.0. The summed E-state index contributed by atoms with van der Waals surface area (Å²) in [6.45, 7) is 4.39. The number of phenols is 1. The van der Waals surface area contributed by atoms with Crippen molar-refractivity contribution in [3.63, 3.8) is 0 Å². The van der Waals surface area contributed by atoms with E-state index in [1.54, 1.807) is 6.92 Å². The van der Waals surface area contributed by atoms with Crippen LogP contribution in [-0.2, 0) is 4.79 Å². The van der Waals surface area contributed by atoms with Crippen LogP contribution < -0.4 is 10.1 Å². The van der Waals surface area contributed by atoms with Gasteiger partial charge in [-0.2, -0.15) is 0 Å². The van der Waals surface area contributed by atoms with E-state index in [1.807, 2.05) is 0 Å². The Bertz CT molecular complexity index is 901. The van der Waals surface area contributed by atoms with E-state index in [0.29, 0.717) is 0 Å². The average molecular weight is 383 g/mol. The smallest absolute Gasteiger partial charge is 0.281 e. The van der Waals surface area contributed by atoms with Crippen molar-refractivity contribution in [1.29, 1.82) is 0 Å². The summed E-state index contributed by atoms with van der Waals surface area (Å²) in [5.74, 6) is -1.68. The lowest BCUT2D eigenvalue weighted by molar-refractivity contribution is -0.386. The number of aromatic hydroxyl groups is 1. The lowest BCUT2D eigenvalue weighted by Gasteiger charge is -2.18. The molecule has 2 N–H and O–H groups in total. The topological polar surface area (TPSA) is 102 Å². The quantitative estimate of drug-likeness (QED) is 0.568. The van der Waals surface area contributed by atoms with Crippen molar-refractivity contribution in [3.05, 3.63) is 50.3 Å². The second-order valence-electron chi connectivity index (χ2n) is 5.49. The van der Waals surface area contributed by atoms with Crippen LogP contribution in [0.4, 0.5) is 15.8 Å². The van der Waals surface area contributed by atoms with Gasteiger partial charge in [-0.3, -0.25) is 14.9 Å². The number of carbonyl (C=O) groups excluding carboxylic acids is 1. The maximum atomic E-state index is 13.3. The summed E-state index contributed by atoms with van der Waals surface area (Å²) in [4.78, 5) is 22.5. The van der Waals surface area contributed by atoms with Gasteiger partial charge in [-0.25, -0.2) is 4.39 Å². The second-order valence-corrected chi connectivity index (χ2v) is 5.90. The van der Waals surface area contributed by atoms with Crippen molar-refractivity contribution in [2.75, 3.05) is 5.32 Å². The van der Waals surface area contributed by atoms with Gasteiger partial charge in [0.05, 0.1) is 26.8 Å². The molecule has 2 aromatic carbocycles. The Kier molecular flexibility index (Phi) is 5.66. The van der Waals surface area contributed by atoms with Gasteiger partial charge in [0.25, 0.3) is 5.69 Å². The van der Waals surface area contributed by atoms with Gasteiger partial charge in [-0.05, 0) is 26.0 Å². The van der Waals surface area contributed by atoms with E-state index in [9.17, 15) is 24.4 Å². The highest BCUT2D eigenvalue weighted by molar-refractivity contribution is 6.30. The van der Waals surface area contributed by atoms with E-state index in [1.165, 1.54) is 26.0 Å². The van der Waals surface area contributed by atoms with Gasteiger partial charge in [-0.15, -0.1) is 0 Å². The van der Waals surface area contributed by atoms with Crippen LogP contribution in [0.1, 0.15) is 24.5 Å². The third-order valence-corrected chi connectivity index (χ3v) is 4.05. The lowest BCUT2D eigenvalue weighted by Crippen LogP contribution is -2.13. The third kappa shape index (κ3) is 3.70. The van der Waals surface area contributed by atoms with Gasteiger partial charge in [-0.1, -0.05) is 18.5 Å². The van der Waals surface area contributed by atoms with Gasteiger partial charge in [0, 0.05) is 12.5 Å². The Balaban J connectivity index is 2.67. The number of carbonyl (C=O) groups is 1. The van der Waals surface area contributed by atoms with Crippen LogP contribution in [0.25, 0.3) is 0 Å². The van der Waals surface area contributed by atoms with Crippen LogP contribution in [0.3, 0.4) is 0 Å². The summed E-state index contributed by atoms with van der Waals surface area (Å²) in [7, 11) is 0. The van der Waals surface area contributed by atoms with Crippen LogP contribution in [-0.4, -0.2) is 15.9 Å². The van der Waals surface area contributed by atoms with Crippen molar-refractivity contribution in [2.45, 2.75) is 27.2 Å². The van der Waals surface area contributed by atoms with E-state index in [0.717, 1.165) is 6.07 Å². The summed E-state index contributed by atoms with van der Waals surface area (Å²) in [5, 5.41) is 24.1. The largest absolute Gasteiger partial charge is 0.504 e. The number of benzene rings is 2. The molecule has 0 heterocycles. The number of nitrogens with zero attached hydrogens (tertiary/aromatic N) is 1. The molecule has 2 rings (SSSR count). The SMILES string of the molecule is CCC(=O)Nc1c(C)c([N+](=O)[O-])c(C)c(O)c1Oc1ccc(F)c(Cl)c1. The zero-order chi connectivity index (χ0) is 19.6. The number of amides is 1. The Hall–Kier alpha value is -2.87. The summed E-state index contributed by atoms with van der Waals surface area (Å²) in [5.41, 5.74) is -0.272. The highest BCUT2D eigenvalue weighted by atomic mass is 35.5. The highest BCUT2D eigenvalue weighted by Crippen LogP contribution is 2.47.